The number of hydrogen-bond acceptors (Lipinski definition) is 2. The van der Waals surface area contributed by atoms with Gasteiger partial charge in [-0.1, -0.05) is 30.3 Å². The number of halogens is 1. The average molecular weight is 293 g/mol. The minimum absolute atomic E-state index is 0.0105. The molecule has 2 aromatic rings. The lowest BCUT2D eigenvalue weighted by Gasteiger charge is -2.10. The molecule has 0 saturated carbocycles. The van der Waals surface area contributed by atoms with Crippen LogP contribution in [0.25, 0.3) is 0 Å². The highest BCUT2D eigenvalue weighted by Gasteiger charge is 2.19. The molecule has 0 radical (unpaired) electrons. The van der Waals surface area contributed by atoms with Gasteiger partial charge in [0.1, 0.15) is 5.69 Å². The zero-order valence-corrected chi connectivity index (χ0v) is 11.3. The van der Waals surface area contributed by atoms with Crippen LogP contribution in [0.1, 0.15) is 35.9 Å². The van der Waals surface area contributed by atoms with E-state index in [0.29, 0.717) is 11.3 Å². The summed E-state index contributed by atoms with van der Waals surface area (Å²) < 4.78 is 2.47. The fraction of sp³-hybridized carbons (Fsp3) is 0.231. The van der Waals surface area contributed by atoms with Gasteiger partial charge in [-0.25, -0.2) is 0 Å². The van der Waals surface area contributed by atoms with Gasteiger partial charge in [-0.15, -0.1) is 0 Å². The van der Waals surface area contributed by atoms with Crippen molar-refractivity contribution in [3.8, 4) is 0 Å². The smallest absolute Gasteiger partial charge is 0.212 e. The number of hydrogen-bond donors (Lipinski definition) is 0. The standard InChI is InChI=1S/C13H13BrN2O/c1-9(2)16-12(11(14)8-15-16)13(17)10-6-4-3-5-7-10/h3-9H,1-2H3. The van der Waals surface area contributed by atoms with Gasteiger partial charge in [-0.05, 0) is 29.8 Å². The highest BCUT2D eigenvalue weighted by atomic mass is 79.9. The molecule has 0 fully saturated rings. The van der Waals surface area contributed by atoms with Gasteiger partial charge in [-0.3, -0.25) is 9.48 Å². The van der Waals surface area contributed by atoms with E-state index in [1.54, 1.807) is 10.9 Å². The van der Waals surface area contributed by atoms with Crippen molar-refractivity contribution in [2.24, 2.45) is 0 Å². The van der Waals surface area contributed by atoms with Crippen molar-refractivity contribution in [1.82, 2.24) is 9.78 Å². The summed E-state index contributed by atoms with van der Waals surface area (Å²) in [5, 5.41) is 4.21. The lowest BCUT2D eigenvalue weighted by molar-refractivity contribution is 0.102. The van der Waals surface area contributed by atoms with Crippen molar-refractivity contribution in [2.75, 3.05) is 0 Å². The monoisotopic (exact) mass is 292 g/mol. The Bertz CT molecular complexity index is 532. The zero-order chi connectivity index (χ0) is 12.4. The second-order valence-corrected chi connectivity index (χ2v) is 4.93. The minimum Gasteiger partial charge on any atom is -0.287 e. The fourth-order valence-electron chi connectivity index (χ4n) is 1.67. The number of carbonyl (C=O) groups excluding carboxylic acids is 1. The van der Waals surface area contributed by atoms with Crippen LogP contribution in [0.4, 0.5) is 0 Å². The van der Waals surface area contributed by atoms with Crippen LogP contribution in [0, 0.1) is 0 Å². The van der Waals surface area contributed by atoms with Gasteiger partial charge < -0.3 is 0 Å². The summed E-state index contributed by atoms with van der Waals surface area (Å²) in [6, 6.07) is 9.39. The summed E-state index contributed by atoms with van der Waals surface area (Å²) in [4.78, 5) is 12.4. The lowest BCUT2D eigenvalue weighted by Crippen LogP contribution is -2.13. The van der Waals surface area contributed by atoms with E-state index in [9.17, 15) is 4.79 Å². The van der Waals surface area contributed by atoms with E-state index in [0.717, 1.165) is 4.47 Å². The topological polar surface area (TPSA) is 34.9 Å². The first-order valence-corrected chi connectivity index (χ1v) is 6.23. The maximum Gasteiger partial charge on any atom is 0.212 e. The van der Waals surface area contributed by atoms with Gasteiger partial charge in [0.2, 0.25) is 5.78 Å². The normalized spacial score (nSPS) is 10.8. The molecular weight excluding hydrogens is 280 g/mol. The predicted octanol–water partition coefficient (Wildman–Crippen LogP) is 3.46. The molecule has 0 amide bonds. The van der Waals surface area contributed by atoms with Gasteiger partial charge in [0, 0.05) is 11.6 Å². The maximum absolute atomic E-state index is 12.4. The first-order chi connectivity index (χ1) is 8.11. The quantitative estimate of drug-likeness (QED) is 0.812. The van der Waals surface area contributed by atoms with Crippen LogP contribution in [0.2, 0.25) is 0 Å². The number of carbonyl (C=O) groups is 1. The van der Waals surface area contributed by atoms with Gasteiger partial charge in [0.05, 0.1) is 10.7 Å². The van der Waals surface area contributed by atoms with Gasteiger partial charge >= 0.3 is 0 Å². The molecule has 88 valence electrons. The van der Waals surface area contributed by atoms with Crippen molar-refractivity contribution in [3.05, 3.63) is 52.3 Å². The summed E-state index contributed by atoms with van der Waals surface area (Å²) >= 11 is 3.38. The molecule has 17 heavy (non-hydrogen) atoms. The summed E-state index contributed by atoms with van der Waals surface area (Å²) in [6.45, 7) is 4.00. The Morgan fingerprint density at radius 3 is 2.53 bits per heavy atom. The lowest BCUT2D eigenvalue weighted by atomic mass is 10.1. The number of aromatic nitrogens is 2. The van der Waals surface area contributed by atoms with Crippen molar-refractivity contribution in [2.45, 2.75) is 19.9 Å². The van der Waals surface area contributed by atoms with Gasteiger partial charge in [0.25, 0.3) is 0 Å². The number of benzene rings is 1. The SMILES string of the molecule is CC(C)n1ncc(Br)c1C(=O)c1ccccc1. The molecular formula is C13H13BrN2O. The molecule has 0 aliphatic rings. The molecule has 0 bridgehead atoms. The Hall–Kier alpha value is -1.42. The van der Waals surface area contributed by atoms with Crippen molar-refractivity contribution >= 4 is 21.7 Å². The van der Waals surface area contributed by atoms with Crippen molar-refractivity contribution in [1.29, 1.82) is 0 Å². The largest absolute Gasteiger partial charge is 0.287 e. The van der Waals surface area contributed by atoms with Crippen LogP contribution >= 0.6 is 15.9 Å². The third-order valence-electron chi connectivity index (χ3n) is 2.49. The Labute approximate surface area is 109 Å². The van der Waals surface area contributed by atoms with E-state index in [1.807, 2.05) is 44.2 Å². The predicted molar refractivity (Wildman–Crippen MR) is 70.2 cm³/mol. The van der Waals surface area contributed by atoms with E-state index in [1.165, 1.54) is 0 Å². The van der Waals surface area contributed by atoms with E-state index in [4.69, 9.17) is 0 Å². The molecule has 0 saturated heterocycles. The molecule has 0 N–H and O–H groups in total. The second kappa shape index (κ2) is 4.84. The zero-order valence-electron chi connectivity index (χ0n) is 9.72. The summed E-state index contributed by atoms with van der Waals surface area (Å²) in [5.41, 5.74) is 1.28. The molecule has 0 spiro atoms. The van der Waals surface area contributed by atoms with E-state index in [-0.39, 0.29) is 11.8 Å². The summed E-state index contributed by atoms with van der Waals surface area (Å²) in [7, 11) is 0. The molecule has 4 heteroatoms. The van der Waals surface area contributed by atoms with Crippen LogP contribution in [0.5, 0.6) is 0 Å². The molecule has 1 aromatic heterocycles. The summed E-state index contributed by atoms with van der Waals surface area (Å²) in [6.07, 6.45) is 1.66. The van der Waals surface area contributed by atoms with Crippen LogP contribution in [0.3, 0.4) is 0 Å². The van der Waals surface area contributed by atoms with Gasteiger partial charge in [-0.2, -0.15) is 5.10 Å². The Kier molecular flexibility index (Phi) is 3.43. The molecule has 1 aromatic carbocycles. The minimum atomic E-state index is -0.0105. The Morgan fingerprint density at radius 1 is 1.29 bits per heavy atom. The van der Waals surface area contributed by atoms with E-state index < -0.39 is 0 Å². The molecule has 3 nitrogen and oxygen atoms in total. The van der Waals surface area contributed by atoms with Gasteiger partial charge in [0.15, 0.2) is 0 Å². The number of ketones is 1. The second-order valence-electron chi connectivity index (χ2n) is 4.07. The molecule has 1 heterocycles. The summed E-state index contributed by atoms with van der Waals surface area (Å²) in [5.74, 6) is -0.0105. The molecule has 0 aliphatic carbocycles. The first-order valence-electron chi connectivity index (χ1n) is 5.44. The highest BCUT2D eigenvalue weighted by molar-refractivity contribution is 9.10. The third-order valence-corrected chi connectivity index (χ3v) is 3.07. The van der Waals surface area contributed by atoms with Crippen LogP contribution in [-0.2, 0) is 0 Å². The van der Waals surface area contributed by atoms with E-state index >= 15 is 0 Å². The third kappa shape index (κ3) is 2.31. The average Bonchev–Trinajstić information content (AvgIpc) is 2.71. The Morgan fingerprint density at radius 2 is 1.94 bits per heavy atom. The number of rotatable bonds is 3. The number of nitrogens with zero attached hydrogens (tertiary/aromatic N) is 2. The highest BCUT2D eigenvalue weighted by Crippen LogP contribution is 2.22. The maximum atomic E-state index is 12.4. The van der Waals surface area contributed by atoms with Crippen molar-refractivity contribution in [3.63, 3.8) is 0 Å². The van der Waals surface area contributed by atoms with Crippen LogP contribution < -0.4 is 0 Å². The first kappa shape index (κ1) is 12.0. The van der Waals surface area contributed by atoms with E-state index in [2.05, 4.69) is 21.0 Å². The van der Waals surface area contributed by atoms with Crippen LogP contribution in [0.15, 0.2) is 41.0 Å². The molecule has 0 atom stereocenters. The Balaban J connectivity index is 2.48. The fourth-order valence-corrected chi connectivity index (χ4v) is 2.12. The molecule has 2 rings (SSSR count). The molecule has 0 aliphatic heterocycles. The van der Waals surface area contributed by atoms with Crippen LogP contribution in [-0.4, -0.2) is 15.6 Å². The molecule has 0 unspecified atom stereocenters. The van der Waals surface area contributed by atoms with Crippen molar-refractivity contribution < 1.29 is 4.79 Å².